The van der Waals surface area contributed by atoms with Crippen LogP contribution in [0, 0.1) is 11.7 Å². The Balaban J connectivity index is 2.16. The van der Waals surface area contributed by atoms with E-state index in [1.54, 1.807) is 0 Å². The molecule has 0 saturated heterocycles. The van der Waals surface area contributed by atoms with E-state index in [-0.39, 0.29) is 18.3 Å². The molecule has 0 saturated carbocycles. The molecule has 8 heteroatoms. The molecule has 1 aromatic carbocycles. The molecule has 0 spiro atoms. The van der Waals surface area contributed by atoms with Crippen LogP contribution in [0.5, 0.6) is 0 Å². The zero-order valence-electron chi connectivity index (χ0n) is 15.4. The Bertz CT molecular complexity index is 862. The van der Waals surface area contributed by atoms with Gasteiger partial charge in [-0.2, -0.15) is 5.10 Å². The quantitative estimate of drug-likeness (QED) is 0.745. The molecule has 0 unspecified atom stereocenters. The standard InChI is InChI=1S/C19H22FN3O4/c1-12(2)10-16(19(26)27-3)21-17(24)11-23-18(25)9-8-15(22-23)13-4-6-14(20)7-5-13/h4-9,12,16H,10-11H2,1-3H3,(H,21,24)/t16-/m0/s1. The van der Waals surface area contributed by atoms with Crippen LogP contribution in [0.3, 0.4) is 0 Å². The van der Waals surface area contributed by atoms with E-state index in [1.807, 2.05) is 13.8 Å². The van der Waals surface area contributed by atoms with Gasteiger partial charge >= 0.3 is 5.97 Å². The van der Waals surface area contributed by atoms with E-state index in [0.29, 0.717) is 17.7 Å². The zero-order chi connectivity index (χ0) is 20.0. The summed E-state index contributed by atoms with van der Waals surface area (Å²) in [6.07, 6.45) is 0.413. The van der Waals surface area contributed by atoms with Crippen molar-refractivity contribution in [1.82, 2.24) is 15.1 Å². The number of aromatic nitrogens is 2. The predicted molar refractivity (Wildman–Crippen MR) is 97.3 cm³/mol. The number of benzene rings is 1. The van der Waals surface area contributed by atoms with Crippen LogP contribution < -0.4 is 10.9 Å². The average molecular weight is 375 g/mol. The minimum Gasteiger partial charge on any atom is -0.467 e. The molecule has 1 heterocycles. The summed E-state index contributed by atoms with van der Waals surface area (Å²) in [7, 11) is 1.25. The fourth-order valence-corrected chi connectivity index (χ4v) is 2.54. The third-order valence-electron chi connectivity index (χ3n) is 3.83. The number of halogens is 1. The van der Waals surface area contributed by atoms with E-state index in [4.69, 9.17) is 4.74 Å². The van der Waals surface area contributed by atoms with Gasteiger partial charge in [-0.3, -0.25) is 9.59 Å². The number of esters is 1. The van der Waals surface area contributed by atoms with E-state index in [2.05, 4.69) is 10.4 Å². The summed E-state index contributed by atoms with van der Waals surface area (Å²) < 4.78 is 18.8. The molecule has 144 valence electrons. The highest BCUT2D eigenvalue weighted by atomic mass is 19.1. The first kappa shape index (κ1) is 20.3. The van der Waals surface area contributed by atoms with E-state index in [0.717, 1.165) is 4.68 Å². The smallest absolute Gasteiger partial charge is 0.328 e. The van der Waals surface area contributed by atoms with Crippen molar-refractivity contribution in [2.24, 2.45) is 5.92 Å². The van der Waals surface area contributed by atoms with Crippen molar-refractivity contribution in [2.75, 3.05) is 7.11 Å². The van der Waals surface area contributed by atoms with Crippen molar-refractivity contribution in [1.29, 1.82) is 0 Å². The first-order valence-electron chi connectivity index (χ1n) is 8.51. The van der Waals surface area contributed by atoms with E-state index in [1.165, 1.54) is 43.5 Å². The number of carbonyl (C=O) groups is 2. The van der Waals surface area contributed by atoms with Crippen LogP contribution in [0.1, 0.15) is 20.3 Å². The minimum atomic E-state index is -0.793. The maximum atomic E-state index is 13.1. The first-order chi connectivity index (χ1) is 12.8. The maximum absolute atomic E-state index is 13.1. The highest BCUT2D eigenvalue weighted by Gasteiger charge is 2.23. The van der Waals surface area contributed by atoms with Crippen molar-refractivity contribution < 1.29 is 18.7 Å². The molecule has 2 rings (SSSR count). The molecule has 1 aromatic heterocycles. The van der Waals surface area contributed by atoms with Crippen molar-refractivity contribution >= 4 is 11.9 Å². The lowest BCUT2D eigenvalue weighted by atomic mass is 10.0. The molecule has 1 atom stereocenters. The number of methoxy groups -OCH3 is 1. The summed E-state index contributed by atoms with van der Waals surface area (Å²) >= 11 is 0. The number of amides is 1. The maximum Gasteiger partial charge on any atom is 0.328 e. The van der Waals surface area contributed by atoms with Crippen molar-refractivity contribution in [3.8, 4) is 11.3 Å². The van der Waals surface area contributed by atoms with Gasteiger partial charge in [-0.1, -0.05) is 13.8 Å². The molecule has 2 aromatic rings. The monoisotopic (exact) mass is 375 g/mol. The molecule has 7 nitrogen and oxygen atoms in total. The third kappa shape index (κ3) is 5.73. The summed E-state index contributed by atoms with van der Waals surface area (Å²) in [5.41, 5.74) is 0.571. The topological polar surface area (TPSA) is 90.3 Å². The van der Waals surface area contributed by atoms with E-state index in [9.17, 15) is 18.8 Å². The average Bonchev–Trinajstić information content (AvgIpc) is 2.62. The predicted octanol–water partition coefficient (Wildman–Crippen LogP) is 1.75. The largest absolute Gasteiger partial charge is 0.467 e. The Morgan fingerprint density at radius 1 is 1.19 bits per heavy atom. The lowest BCUT2D eigenvalue weighted by Crippen LogP contribution is -2.44. The van der Waals surface area contributed by atoms with Gasteiger partial charge in [-0.05, 0) is 42.7 Å². The number of nitrogens with zero attached hydrogens (tertiary/aromatic N) is 2. The van der Waals surface area contributed by atoms with Crippen molar-refractivity contribution in [3.63, 3.8) is 0 Å². The van der Waals surface area contributed by atoms with Crippen LogP contribution in [-0.4, -0.2) is 34.8 Å². The van der Waals surface area contributed by atoms with Crippen LogP contribution in [0.25, 0.3) is 11.3 Å². The number of hydrogen-bond donors (Lipinski definition) is 1. The highest BCUT2D eigenvalue weighted by Crippen LogP contribution is 2.15. The van der Waals surface area contributed by atoms with Crippen LogP contribution in [-0.2, 0) is 20.9 Å². The van der Waals surface area contributed by atoms with Crippen LogP contribution in [0.4, 0.5) is 4.39 Å². The van der Waals surface area contributed by atoms with Crippen LogP contribution in [0.15, 0.2) is 41.2 Å². The summed E-state index contributed by atoms with van der Waals surface area (Å²) in [6.45, 7) is 3.49. The summed E-state index contributed by atoms with van der Waals surface area (Å²) in [5, 5.41) is 6.73. The Labute approximate surface area is 156 Å². The molecule has 1 N–H and O–H groups in total. The molecule has 0 aliphatic heterocycles. The van der Waals surface area contributed by atoms with Gasteiger partial charge in [0.25, 0.3) is 5.56 Å². The minimum absolute atomic E-state index is 0.164. The first-order valence-corrected chi connectivity index (χ1v) is 8.51. The summed E-state index contributed by atoms with van der Waals surface area (Å²) in [4.78, 5) is 36.1. The molecule has 0 aliphatic rings. The molecular formula is C19H22FN3O4. The second-order valence-electron chi connectivity index (χ2n) is 6.49. The Morgan fingerprint density at radius 2 is 1.85 bits per heavy atom. The van der Waals surface area contributed by atoms with E-state index < -0.39 is 23.5 Å². The van der Waals surface area contributed by atoms with Crippen molar-refractivity contribution in [2.45, 2.75) is 32.9 Å². The van der Waals surface area contributed by atoms with Gasteiger partial charge in [0.05, 0.1) is 12.8 Å². The van der Waals surface area contributed by atoms with Gasteiger partial charge < -0.3 is 10.1 Å². The van der Waals surface area contributed by atoms with Crippen LogP contribution in [0.2, 0.25) is 0 Å². The third-order valence-corrected chi connectivity index (χ3v) is 3.83. The number of ether oxygens (including phenoxy) is 1. The number of nitrogens with one attached hydrogen (secondary N) is 1. The number of carbonyl (C=O) groups excluding carboxylic acids is 2. The Kier molecular flexibility index (Phi) is 6.81. The zero-order valence-corrected chi connectivity index (χ0v) is 15.4. The second-order valence-corrected chi connectivity index (χ2v) is 6.49. The molecule has 0 aliphatic carbocycles. The number of hydrogen-bond acceptors (Lipinski definition) is 5. The molecule has 0 bridgehead atoms. The fourth-order valence-electron chi connectivity index (χ4n) is 2.54. The molecular weight excluding hydrogens is 353 g/mol. The highest BCUT2D eigenvalue weighted by molar-refractivity contribution is 5.84. The number of rotatable bonds is 7. The fraction of sp³-hybridized carbons (Fsp3) is 0.368. The second kappa shape index (κ2) is 9.07. The molecule has 1 amide bonds. The van der Waals surface area contributed by atoms with Crippen LogP contribution >= 0.6 is 0 Å². The van der Waals surface area contributed by atoms with Gasteiger partial charge in [0.1, 0.15) is 18.4 Å². The van der Waals surface area contributed by atoms with Gasteiger partial charge in [0, 0.05) is 11.6 Å². The lowest BCUT2D eigenvalue weighted by molar-refractivity contribution is -0.145. The van der Waals surface area contributed by atoms with Gasteiger partial charge in [0.15, 0.2) is 0 Å². The lowest BCUT2D eigenvalue weighted by Gasteiger charge is -2.18. The van der Waals surface area contributed by atoms with Crippen molar-refractivity contribution in [3.05, 3.63) is 52.6 Å². The molecule has 0 radical (unpaired) electrons. The Hall–Kier alpha value is -3.03. The SMILES string of the molecule is COC(=O)[C@H](CC(C)C)NC(=O)Cn1nc(-c2ccc(F)cc2)ccc1=O. The van der Waals surface area contributed by atoms with Gasteiger partial charge in [0.2, 0.25) is 5.91 Å². The Morgan fingerprint density at radius 3 is 2.44 bits per heavy atom. The van der Waals surface area contributed by atoms with Gasteiger partial charge in [-0.25, -0.2) is 13.9 Å². The molecule has 27 heavy (non-hydrogen) atoms. The van der Waals surface area contributed by atoms with Gasteiger partial charge in [-0.15, -0.1) is 0 Å². The summed E-state index contributed by atoms with van der Waals surface area (Å²) in [5.74, 6) is -1.29. The summed E-state index contributed by atoms with van der Waals surface area (Å²) in [6, 6.07) is 7.62. The normalized spacial score (nSPS) is 11.9. The van der Waals surface area contributed by atoms with E-state index >= 15 is 0 Å². The molecule has 0 fully saturated rings.